The summed E-state index contributed by atoms with van der Waals surface area (Å²) in [7, 11) is 2.10. The van der Waals surface area contributed by atoms with Crippen LogP contribution in [0.1, 0.15) is 60.9 Å². The Morgan fingerprint density at radius 1 is 1.29 bits per heavy atom. The molecule has 0 amide bonds. The van der Waals surface area contributed by atoms with E-state index in [9.17, 15) is 0 Å². The van der Waals surface area contributed by atoms with Crippen molar-refractivity contribution in [2.45, 2.75) is 58.4 Å². The van der Waals surface area contributed by atoms with Gasteiger partial charge in [-0.1, -0.05) is 26.7 Å². The quantitative estimate of drug-likeness (QED) is 0.786. The molecule has 0 aromatic carbocycles. The summed E-state index contributed by atoms with van der Waals surface area (Å²) < 4.78 is 0. The van der Waals surface area contributed by atoms with Crippen molar-refractivity contribution in [2.24, 2.45) is 5.92 Å². The summed E-state index contributed by atoms with van der Waals surface area (Å²) in [4.78, 5) is 3.23. The second kappa shape index (κ2) is 6.01. The van der Waals surface area contributed by atoms with Gasteiger partial charge in [-0.3, -0.25) is 0 Å². The van der Waals surface area contributed by atoms with Gasteiger partial charge in [-0.05, 0) is 50.3 Å². The van der Waals surface area contributed by atoms with Gasteiger partial charge in [0, 0.05) is 15.8 Å². The van der Waals surface area contributed by atoms with E-state index >= 15 is 0 Å². The maximum atomic E-state index is 3.50. The number of rotatable bonds is 4. The molecule has 1 nitrogen and oxygen atoms in total. The van der Waals surface area contributed by atoms with Gasteiger partial charge < -0.3 is 5.32 Å². The molecule has 0 bridgehead atoms. The molecule has 0 aliphatic heterocycles. The molecule has 1 aliphatic carbocycles. The zero-order chi connectivity index (χ0) is 12.3. The average molecular weight is 251 g/mol. The first-order chi connectivity index (χ1) is 8.26. The van der Waals surface area contributed by atoms with Crippen molar-refractivity contribution in [3.05, 3.63) is 21.4 Å². The maximum absolute atomic E-state index is 3.50. The van der Waals surface area contributed by atoms with Crippen LogP contribution in [0.15, 0.2) is 6.07 Å². The molecule has 1 aliphatic rings. The fourth-order valence-corrected chi connectivity index (χ4v) is 4.29. The Kier molecular flexibility index (Phi) is 4.63. The molecule has 0 spiro atoms. The molecule has 17 heavy (non-hydrogen) atoms. The smallest absolute Gasteiger partial charge is 0.0438 e. The van der Waals surface area contributed by atoms with E-state index in [0.29, 0.717) is 6.04 Å². The van der Waals surface area contributed by atoms with Gasteiger partial charge in [-0.15, -0.1) is 11.3 Å². The molecular weight excluding hydrogens is 226 g/mol. The molecule has 2 atom stereocenters. The van der Waals surface area contributed by atoms with E-state index in [2.05, 4.69) is 43.6 Å². The number of nitrogens with one attached hydrogen (secondary N) is 1. The van der Waals surface area contributed by atoms with E-state index in [1.54, 1.807) is 15.3 Å². The lowest BCUT2D eigenvalue weighted by Crippen LogP contribution is -2.22. The van der Waals surface area contributed by atoms with Crippen LogP contribution in [0.25, 0.3) is 0 Å². The van der Waals surface area contributed by atoms with Crippen LogP contribution in [-0.2, 0) is 12.8 Å². The summed E-state index contributed by atoms with van der Waals surface area (Å²) in [6.07, 6.45) is 8.06. The van der Waals surface area contributed by atoms with Crippen LogP contribution < -0.4 is 5.32 Å². The van der Waals surface area contributed by atoms with E-state index < -0.39 is 0 Å². The Morgan fingerprint density at radius 2 is 2.06 bits per heavy atom. The largest absolute Gasteiger partial charge is 0.312 e. The summed E-state index contributed by atoms with van der Waals surface area (Å²) in [5.74, 6) is 0.724. The van der Waals surface area contributed by atoms with E-state index in [1.807, 2.05) is 0 Å². The minimum atomic E-state index is 0.553. The molecule has 2 unspecified atom stereocenters. The molecule has 2 heteroatoms. The first kappa shape index (κ1) is 13.1. The van der Waals surface area contributed by atoms with E-state index in [0.717, 1.165) is 5.92 Å². The highest BCUT2D eigenvalue weighted by Crippen LogP contribution is 2.35. The zero-order valence-electron chi connectivity index (χ0n) is 11.4. The van der Waals surface area contributed by atoms with Gasteiger partial charge in [0.1, 0.15) is 0 Å². The molecule has 0 saturated heterocycles. The third-order valence-electron chi connectivity index (χ3n) is 4.10. The van der Waals surface area contributed by atoms with Crippen LogP contribution in [0, 0.1) is 5.92 Å². The average Bonchev–Trinajstić information content (AvgIpc) is 2.61. The van der Waals surface area contributed by atoms with Gasteiger partial charge in [0.05, 0.1) is 0 Å². The molecule has 0 fully saturated rings. The second-order valence-corrected chi connectivity index (χ2v) is 6.48. The zero-order valence-corrected chi connectivity index (χ0v) is 12.2. The lowest BCUT2D eigenvalue weighted by atomic mass is 9.97. The van der Waals surface area contributed by atoms with Crippen molar-refractivity contribution >= 4 is 11.3 Å². The number of thiophene rings is 1. The van der Waals surface area contributed by atoms with Gasteiger partial charge in [0.25, 0.3) is 0 Å². The normalized spacial score (nSPS) is 19.5. The van der Waals surface area contributed by atoms with Crippen molar-refractivity contribution in [1.29, 1.82) is 0 Å². The Balaban J connectivity index is 2.21. The van der Waals surface area contributed by atoms with Crippen molar-refractivity contribution in [2.75, 3.05) is 7.05 Å². The van der Waals surface area contributed by atoms with Crippen LogP contribution in [0.3, 0.4) is 0 Å². The Morgan fingerprint density at radius 3 is 2.76 bits per heavy atom. The summed E-state index contributed by atoms with van der Waals surface area (Å²) in [5.41, 5.74) is 1.64. The first-order valence-electron chi connectivity index (χ1n) is 7.05. The number of aryl methyl sites for hydroxylation is 2. The van der Waals surface area contributed by atoms with Gasteiger partial charge in [-0.2, -0.15) is 0 Å². The predicted molar refractivity (Wildman–Crippen MR) is 76.8 cm³/mol. The Hall–Kier alpha value is -0.340. The SMILES string of the molecule is CCC(C)C(NC)c1cc2c(s1)CCCCC2. The number of hydrogen-bond acceptors (Lipinski definition) is 2. The Labute approximate surface area is 110 Å². The summed E-state index contributed by atoms with van der Waals surface area (Å²) >= 11 is 2.06. The molecule has 0 saturated carbocycles. The molecule has 1 aromatic rings. The fourth-order valence-electron chi connectivity index (χ4n) is 2.79. The maximum Gasteiger partial charge on any atom is 0.0438 e. The fraction of sp³-hybridized carbons (Fsp3) is 0.733. The van der Waals surface area contributed by atoms with Crippen molar-refractivity contribution in [1.82, 2.24) is 5.32 Å². The molecule has 1 heterocycles. The van der Waals surface area contributed by atoms with Gasteiger partial charge in [-0.25, -0.2) is 0 Å². The van der Waals surface area contributed by atoms with Crippen LogP contribution in [0.5, 0.6) is 0 Å². The number of fused-ring (bicyclic) bond motifs is 1. The van der Waals surface area contributed by atoms with Gasteiger partial charge >= 0.3 is 0 Å². The summed E-state index contributed by atoms with van der Waals surface area (Å²) in [6.45, 7) is 4.64. The van der Waals surface area contributed by atoms with Crippen LogP contribution in [0.4, 0.5) is 0 Å². The van der Waals surface area contributed by atoms with Crippen molar-refractivity contribution in [3.8, 4) is 0 Å². The minimum absolute atomic E-state index is 0.553. The van der Waals surface area contributed by atoms with Crippen molar-refractivity contribution in [3.63, 3.8) is 0 Å². The molecule has 1 N–H and O–H groups in total. The standard InChI is InChI=1S/C15H25NS/c1-4-11(2)15(16-3)14-10-12-8-6-5-7-9-13(12)17-14/h10-11,15-16H,4-9H2,1-3H3. The first-order valence-corrected chi connectivity index (χ1v) is 7.86. The molecule has 2 rings (SSSR count). The van der Waals surface area contributed by atoms with Crippen LogP contribution in [-0.4, -0.2) is 7.05 Å². The topological polar surface area (TPSA) is 12.0 Å². The molecule has 96 valence electrons. The predicted octanol–water partition coefficient (Wildman–Crippen LogP) is 4.32. The number of hydrogen-bond donors (Lipinski definition) is 1. The highest BCUT2D eigenvalue weighted by molar-refractivity contribution is 7.12. The monoisotopic (exact) mass is 251 g/mol. The van der Waals surface area contributed by atoms with E-state index in [-0.39, 0.29) is 0 Å². The molecule has 1 aromatic heterocycles. The van der Waals surface area contributed by atoms with E-state index in [1.165, 1.54) is 38.5 Å². The highest BCUT2D eigenvalue weighted by Gasteiger charge is 2.20. The van der Waals surface area contributed by atoms with E-state index in [4.69, 9.17) is 0 Å². The molecule has 0 radical (unpaired) electrons. The Bertz CT molecular complexity index is 332. The van der Waals surface area contributed by atoms with Crippen molar-refractivity contribution < 1.29 is 0 Å². The van der Waals surface area contributed by atoms with Gasteiger partial charge in [0.15, 0.2) is 0 Å². The second-order valence-electron chi connectivity index (χ2n) is 5.31. The minimum Gasteiger partial charge on any atom is -0.312 e. The lowest BCUT2D eigenvalue weighted by molar-refractivity contribution is 0.406. The lowest BCUT2D eigenvalue weighted by Gasteiger charge is -2.21. The third kappa shape index (κ3) is 2.92. The molecular formula is C15H25NS. The van der Waals surface area contributed by atoms with Crippen LogP contribution in [0.2, 0.25) is 0 Å². The summed E-state index contributed by atoms with van der Waals surface area (Å²) in [5, 5.41) is 3.50. The van der Waals surface area contributed by atoms with Gasteiger partial charge in [0.2, 0.25) is 0 Å². The van der Waals surface area contributed by atoms with Crippen LogP contribution >= 0.6 is 11.3 Å². The highest BCUT2D eigenvalue weighted by atomic mass is 32.1. The third-order valence-corrected chi connectivity index (χ3v) is 5.42. The summed E-state index contributed by atoms with van der Waals surface area (Å²) in [6, 6.07) is 3.04.